The molecule has 67 heavy (non-hydrogen) atoms. The van der Waals surface area contributed by atoms with Gasteiger partial charge < -0.3 is 36.3 Å². The van der Waals surface area contributed by atoms with E-state index in [1.165, 1.54) is 100 Å². The number of carboxylic acids is 1. The highest BCUT2D eigenvalue weighted by atomic mass is 19.4. The summed E-state index contributed by atoms with van der Waals surface area (Å²) in [4.78, 5) is 45.4. The average molecular weight is 943 g/mol. The number of nitrogens with one attached hydrogen (secondary N) is 3. The van der Waals surface area contributed by atoms with E-state index in [0.29, 0.717) is 33.9 Å². The summed E-state index contributed by atoms with van der Waals surface area (Å²) in [6.45, 7) is 3.73. The number of nitrogen functional groups attached to an aromatic ring is 1. The van der Waals surface area contributed by atoms with Gasteiger partial charge in [-0.05, 0) is 72.8 Å². The first-order valence-electron chi connectivity index (χ1n) is 19.8. The minimum absolute atomic E-state index is 0.119. The SMILES string of the molecule is C[C@H]1C(=O)NC[C@@H]1C(=O)Nc1cc(-c2cccc(OC(F)(F)F)c2)n(-c2ccc(F)cc2)n1.C[C@H]1C(=O)NC[C@@H]1C(=O)O.Nc1cc(-c2cccc(OC(F)(F)F)c2)n(-c2ccc(F)cc2)n1. The molecule has 2 saturated heterocycles. The second kappa shape index (κ2) is 20.0. The number of carbonyl (C=O) groups is 4. The van der Waals surface area contributed by atoms with Gasteiger partial charge in [0.2, 0.25) is 17.7 Å². The summed E-state index contributed by atoms with van der Waals surface area (Å²) in [6.07, 6.45) is -9.65. The number of rotatable bonds is 9. The van der Waals surface area contributed by atoms with Gasteiger partial charge in [-0.2, -0.15) is 5.10 Å². The van der Waals surface area contributed by atoms with Gasteiger partial charge in [0.05, 0.1) is 40.5 Å². The molecule has 23 heteroatoms. The number of benzene rings is 4. The molecule has 6 aromatic rings. The van der Waals surface area contributed by atoms with E-state index in [2.05, 4.69) is 35.6 Å². The first-order chi connectivity index (χ1) is 31.5. The molecular formula is C44H38F8N8O7. The summed E-state index contributed by atoms with van der Waals surface area (Å²) in [7, 11) is 0. The van der Waals surface area contributed by atoms with E-state index in [9.17, 15) is 54.3 Å². The maximum absolute atomic E-state index is 13.4. The highest BCUT2D eigenvalue weighted by Gasteiger charge is 2.37. The van der Waals surface area contributed by atoms with E-state index in [0.717, 1.165) is 6.07 Å². The Balaban J connectivity index is 0.000000189. The van der Waals surface area contributed by atoms with Gasteiger partial charge in [-0.1, -0.05) is 38.1 Å². The summed E-state index contributed by atoms with van der Waals surface area (Å²) in [5.74, 6) is -5.12. The fourth-order valence-electron chi connectivity index (χ4n) is 6.82. The number of amides is 3. The van der Waals surface area contributed by atoms with Gasteiger partial charge in [0.1, 0.15) is 29.0 Å². The predicted octanol–water partition coefficient (Wildman–Crippen LogP) is 7.51. The van der Waals surface area contributed by atoms with Gasteiger partial charge in [-0.15, -0.1) is 31.4 Å². The molecule has 2 aliphatic heterocycles. The van der Waals surface area contributed by atoms with Crippen LogP contribution in [-0.2, 0) is 19.2 Å². The third-order valence-electron chi connectivity index (χ3n) is 10.2. The fourth-order valence-corrected chi connectivity index (χ4v) is 6.82. The maximum atomic E-state index is 13.4. The highest BCUT2D eigenvalue weighted by Crippen LogP contribution is 2.33. The molecule has 2 aliphatic rings. The zero-order valence-electron chi connectivity index (χ0n) is 34.9. The van der Waals surface area contributed by atoms with Crippen LogP contribution in [0, 0.1) is 35.3 Å². The largest absolute Gasteiger partial charge is 0.573 e. The van der Waals surface area contributed by atoms with E-state index in [-0.39, 0.29) is 48.2 Å². The molecule has 0 radical (unpaired) electrons. The molecular weight excluding hydrogens is 905 g/mol. The lowest BCUT2D eigenvalue weighted by molar-refractivity contribution is -0.275. The molecule has 4 atom stereocenters. The normalized spacial score (nSPS) is 17.8. The molecule has 6 N–H and O–H groups in total. The lowest BCUT2D eigenvalue weighted by Gasteiger charge is -2.11. The number of hydrogen-bond donors (Lipinski definition) is 5. The number of hydrogen-bond acceptors (Lipinski definition) is 9. The number of nitrogens with zero attached hydrogens (tertiary/aromatic N) is 4. The number of anilines is 2. The Labute approximate surface area is 374 Å². The summed E-state index contributed by atoms with van der Waals surface area (Å²) in [5.41, 5.74) is 8.17. The minimum Gasteiger partial charge on any atom is -0.481 e. The van der Waals surface area contributed by atoms with Crippen molar-refractivity contribution >= 4 is 35.3 Å². The smallest absolute Gasteiger partial charge is 0.481 e. The standard InChI is InChI=1S/C22H18F4N4O3.C16H11F4N3O.C6H9NO3/c1-12-17(11-27-20(12)31)21(32)28-19-10-18(30(29-19)15-7-5-14(23)6-8-15)13-3-2-4-16(9-13)33-22(24,25)26;17-11-4-6-12(7-5-11)23-14(9-15(21)22-23)10-2-1-3-13(8-10)24-16(18,19)20;1-3-4(6(9)10)2-7-5(3)8/h2-10,12,17H,11H2,1H3,(H,27,31)(H,28,29,32);1-9H,(H2,21,22);3-4H,2H2,1H3,(H,7,8)(H,9,10)/t12-,17+;;3-,4+/m1.1/s1. The Kier molecular flexibility index (Phi) is 14.5. The number of aliphatic carboxylic acids is 1. The summed E-state index contributed by atoms with van der Waals surface area (Å²) < 4.78 is 112. The van der Waals surface area contributed by atoms with Crippen molar-refractivity contribution in [3.8, 4) is 45.4 Å². The molecule has 2 fully saturated rings. The molecule has 0 spiro atoms. The van der Waals surface area contributed by atoms with Crippen molar-refractivity contribution in [2.45, 2.75) is 26.6 Å². The lowest BCUT2D eigenvalue weighted by Crippen LogP contribution is -2.28. The Bertz CT molecular complexity index is 2740. The number of alkyl halides is 6. The van der Waals surface area contributed by atoms with Gasteiger partial charge in [0.15, 0.2) is 5.82 Å². The van der Waals surface area contributed by atoms with Crippen LogP contribution in [0.15, 0.2) is 109 Å². The third kappa shape index (κ3) is 12.6. The van der Waals surface area contributed by atoms with E-state index in [1.807, 2.05) is 0 Å². The van der Waals surface area contributed by atoms with Crippen molar-refractivity contribution in [3.05, 3.63) is 121 Å². The summed E-state index contributed by atoms with van der Waals surface area (Å²) in [6, 6.07) is 24.5. The van der Waals surface area contributed by atoms with Crippen molar-refractivity contribution in [2.75, 3.05) is 24.1 Å². The van der Waals surface area contributed by atoms with Crippen LogP contribution in [0.2, 0.25) is 0 Å². The molecule has 0 saturated carbocycles. The van der Waals surface area contributed by atoms with Gasteiger partial charge in [0.25, 0.3) is 0 Å². The molecule has 4 heterocycles. The van der Waals surface area contributed by atoms with Crippen LogP contribution < -0.4 is 31.2 Å². The van der Waals surface area contributed by atoms with Crippen LogP contribution in [0.4, 0.5) is 46.8 Å². The predicted molar refractivity (Wildman–Crippen MR) is 223 cm³/mol. The lowest BCUT2D eigenvalue weighted by atomic mass is 9.97. The van der Waals surface area contributed by atoms with Crippen molar-refractivity contribution in [1.29, 1.82) is 0 Å². The highest BCUT2D eigenvalue weighted by molar-refractivity contribution is 5.98. The zero-order valence-corrected chi connectivity index (χ0v) is 34.9. The number of carboxylic acid groups (broad SMARTS) is 1. The van der Waals surface area contributed by atoms with Crippen LogP contribution in [0.3, 0.4) is 0 Å². The minimum atomic E-state index is -4.86. The molecule has 3 amide bonds. The fraction of sp³-hybridized carbons (Fsp3) is 0.227. The van der Waals surface area contributed by atoms with Gasteiger partial charge >= 0.3 is 18.7 Å². The zero-order chi connectivity index (χ0) is 48.8. The van der Waals surface area contributed by atoms with Gasteiger partial charge in [-0.3, -0.25) is 19.2 Å². The molecule has 0 aliphatic carbocycles. The number of carbonyl (C=O) groups excluding carboxylic acids is 3. The Morgan fingerprint density at radius 2 is 1.10 bits per heavy atom. The second-order valence-electron chi connectivity index (χ2n) is 14.9. The molecule has 4 aromatic carbocycles. The molecule has 2 aromatic heterocycles. The first kappa shape index (κ1) is 48.5. The number of ether oxygens (including phenoxy) is 2. The second-order valence-corrected chi connectivity index (χ2v) is 14.9. The van der Waals surface area contributed by atoms with Crippen molar-refractivity contribution in [3.63, 3.8) is 0 Å². The van der Waals surface area contributed by atoms with Crippen molar-refractivity contribution in [2.24, 2.45) is 23.7 Å². The third-order valence-corrected chi connectivity index (χ3v) is 10.2. The Morgan fingerprint density at radius 3 is 1.51 bits per heavy atom. The topological polar surface area (TPSA) is 205 Å². The quantitative estimate of drug-likeness (QED) is 0.0903. The van der Waals surface area contributed by atoms with E-state index in [1.54, 1.807) is 26.0 Å². The molecule has 0 unspecified atom stereocenters. The number of nitrogens with two attached hydrogens (primary N) is 1. The molecule has 0 bridgehead atoms. The molecule has 15 nitrogen and oxygen atoms in total. The van der Waals surface area contributed by atoms with E-state index >= 15 is 0 Å². The van der Waals surface area contributed by atoms with Crippen LogP contribution in [0.5, 0.6) is 11.5 Å². The van der Waals surface area contributed by atoms with Crippen LogP contribution >= 0.6 is 0 Å². The first-order valence-corrected chi connectivity index (χ1v) is 19.8. The van der Waals surface area contributed by atoms with Gasteiger partial charge in [0, 0.05) is 42.3 Å². The van der Waals surface area contributed by atoms with Crippen molar-refractivity contribution in [1.82, 2.24) is 30.2 Å². The van der Waals surface area contributed by atoms with Crippen LogP contribution in [0.1, 0.15) is 13.8 Å². The van der Waals surface area contributed by atoms with Crippen LogP contribution in [-0.4, -0.2) is 74.2 Å². The Morgan fingerprint density at radius 1 is 0.672 bits per heavy atom. The van der Waals surface area contributed by atoms with E-state index in [4.69, 9.17) is 10.8 Å². The van der Waals surface area contributed by atoms with Crippen LogP contribution in [0.25, 0.3) is 33.9 Å². The molecule has 352 valence electrons. The maximum Gasteiger partial charge on any atom is 0.573 e. The molecule has 8 rings (SSSR count). The summed E-state index contributed by atoms with van der Waals surface area (Å²) >= 11 is 0. The van der Waals surface area contributed by atoms with E-state index < -0.39 is 59.7 Å². The number of halogens is 8. The monoisotopic (exact) mass is 942 g/mol. The van der Waals surface area contributed by atoms with Crippen molar-refractivity contribution < 1.29 is 68.9 Å². The summed E-state index contributed by atoms with van der Waals surface area (Å²) in [5, 5.41) is 24.7. The Hall–Kier alpha value is -7.98. The number of aromatic nitrogens is 4. The van der Waals surface area contributed by atoms with Gasteiger partial charge in [-0.25, -0.2) is 18.1 Å². The average Bonchev–Trinajstić information content (AvgIpc) is 4.03.